The quantitative estimate of drug-likeness (QED) is 0.530. The molecule has 1 heterocycles. The van der Waals surface area contributed by atoms with Gasteiger partial charge in [-0.25, -0.2) is 9.79 Å². The molecule has 2 aromatic carbocycles. The number of carboxylic acids is 1. The summed E-state index contributed by atoms with van der Waals surface area (Å²) < 4.78 is 10.8. The summed E-state index contributed by atoms with van der Waals surface area (Å²) in [7, 11) is 3.09. The van der Waals surface area contributed by atoms with E-state index < -0.39 is 5.97 Å². The van der Waals surface area contributed by atoms with Crippen LogP contribution in [0.4, 0.5) is 5.69 Å². The molecule has 0 aliphatic carbocycles. The van der Waals surface area contributed by atoms with Crippen molar-refractivity contribution in [2.24, 2.45) is 4.99 Å². The van der Waals surface area contributed by atoms with Crippen LogP contribution in [-0.4, -0.2) is 47.8 Å². The fraction of sp³-hybridized carbons (Fsp3) is 0.136. The number of hydrogen-bond donors (Lipinski definition) is 1. The van der Waals surface area contributed by atoms with Crippen LogP contribution in [0, 0.1) is 0 Å². The fourth-order valence-corrected chi connectivity index (χ4v) is 3.87. The lowest BCUT2D eigenvalue weighted by molar-refractivity contribution is -0.121. The van der Waals surface area contributed by atoms with E-state index in [1.807, 2.05) is 12.1 Å². The van der Waals surface area contributed by atoms with E-state index in [1.54, 1.807) is 37.5 Å². The van der Waals surface area contributed by atoms with Crippen molar-refractivity contribution in [1.29, 1.82) is 0 Å². The highest BCUT2D eigenvalue weighted by Gasteiger charge is 2.33. The number of ether oxygens (including phenoxy) is 2. The molecular weight excluding hydrogens is 404 g/mol. The molecule has 2 aromatic rings. The lowest BCUT2D eigenvalue weighted by Crippen LogP contribution is -2.29. The summed E-state index contributed by atoms with van der Waals surface area (Å²) in [6.07, 6.45) is 3.33. The predicted octanol–water partition coefficient (Wildman–Crippen LogP) is 4.19. The highest BCUT2D eigenvalue weighted by Crippen LogP contribution is 2.38. The van der Waals surface area contributed by atoms with Crippen LogP contribution in [0.15, 0.2) is 65.0 Å². The molecule has 0 bridgehead atoms. The average Bonchev–Trinajstić information content (AvgIpc) is 3.02. The van der Waals surface area contributed by atoms with Crippen LogP contribution in [0.3, 0.4) is 0 Å². The molecule has 0 spiro atoms. The minimum Gasteiger partial charge on any atom is -0.493 e. The number of aromatic carboxylic acids is 1. The first-order valence-electron chi connectivity index (χ1n) is 8.93. The molecule has 8 heteroatoms. The van der Waals surface area contributed by atoms with Gasteiger partial charge in [0.15, 0.2) is 16.7 Å². The molecule has 1 saturated heterocycles. The third-order valence-corrected chi connectivity index (χ3v) is 5.24. The van der Waals surface area contributed by atoms with Crippen LogP contribution in [-0.2, 0) is 4.79 Å². The van der Waals surface area contributed by atoms with Crippen LogP contribution in [0.5, 0.6) is 11.5 Å². The van der Waals surface area contributed by atoms with Gasteiger partial charge in [-0.05, 0) is 42.1 Å². The average molecular weight is 424 g/mol. The Bertz CT molecular complexity index is 1060. The van der Waals surface area contributed by atoms with E-state index in [-0.39, 0.29) is 18.0 Å². The Labute approximate surface area is 178 Å². The van der Waals surface area contributed by atoms with Gasteiger partial charge in [-0.3, -0.25) is 9.69 Å². The molecule has 154 valence electrons. The third kappa shape index (κ3) is 4.38. The minimum absolute atomic E-state index is 0.123. The number of thioether (sulfide) groups is 1. The van der Waals surface area contributed by atoms with E-state index in [0.29, 0.717) is 32.8 Å². The molecule has 1 N–H and O–H groups in total. The van der Waals surface area contributed by atoms with E-state index in [1.165, 1.54) is 35.9 Å². The second kappa shape index (κ2) is 9.32. The molecule has 0 saturated carbocycles. The maximum Gasteiger partial charge on any atom is 0.335 e. The van der Waals surface area contributed by atoms with Crippen molar-refractivity contribution in [3.63, 3.8) is 0 Å². The van der Waals surface area contributed by atoms with Gasteiger partial charge in [0, 0.05) is 12.1 Å². The first-order chi connectivity index (χ1) is 14.5. The van der Waals surface area contributed by atoms with E-state index >= 15 is 0 Å². The number of rotatable bonds is 7. The molecule has 7 nitrogen and oxygen atoms in total. The number of carbonyl (C=O) groups excluding carboxylic acids is 1. The summed E-state index contributed by atoms with van der Waals surface area (Å²) >= 11 is 1.20. The Morgan fingerprint density at radius 2 is 2.00 bits per heavy atom. The number of aliphatic imine (C=N–C) groups is 1. The first kappa shape index (κ1) is 21.2. The Balaban J connectivity index is 2.01. The molecule has 1 aliphatic rings. The summed E-state index contributed by atoms with van der Waals surface area (Å²) in [4.78, 5) is 30.6. The van der Waals surface area contributed by atoms with Gasteiger partial charge in [0.2, 0.25) is 0 Å². The first-order valence-corrected chi connectivity index (χ1v) is 9.75. The van der Waals surface area contributed by atoms with Gasteiger partial charge in [-0.2, -0.15) is 0 Å². The maximum atomic E-state index is 13.0. The largest absolute Gasteiger partial charge is 0.493 e. The summed E-state index contributed by atoms with van der Waals surface area (Å²) in [6, 6.07) is 11.7. The lowest BCUT2D eigenvalue weighted by atomic mass is 10.1. The topological polar surface area (TPSA) is 88.4 Å². The number of benzene rings is 2. The van der Waals surface area contributed by atoms with Crippen molar-refractivity contribution in [2.75, 3.05) is 20.8 Å². The van der Waals surface area contributed by atoms with Crippen LogP contribution < -0.4 is 9.47 Å². The SMILES string of the molecule is C=CCN1C(=O)/C(=C/c2cccc(OC)c2OC)SC1=Nc1cccc(C(=O)O)c1. The summed E-state index contributed by atoms with van der Waals surface area (Å²) in [5.74, 6) is -0.181. The van der Waals surface area contributed by atoms with Crippen molar-refractivity contribution >= 4 is 40.6 Å². The van der Waals surface area contributed by atoms with Crippen LogP contribution >= 0.6 is 11.8 Å². The molecule has 0 aromatic heterocycles. The van der Waals surface area contributed by atoms with Gasteiger partial charge in [0.1, 0.15) is 0 Å². The van der Waals surface area contributed by atoms with E-state index in [2.05, 4.69) is 11.6 Å². The number of amidine groups is 1. The Hall–Kier alpha value is -3.52. The zero-order valence-electron chi connectivity index (χ0n) is 16.5. The number of carbonyl (C=O) groups is 2. The molecule has 3 rings (SSSR count). The zero-order valence-corrected chi connectivity index (χ0v) is 17.3. The fourth-order valence-electron chi connectivity index (χ4n) is 2.87. The highest BCUT2D eigenvalue weighted by atomic mass is 32.2. The number of amides is 1. The summed E-state index contributed by atoms with van der Waals surface area (Å²) in [6.45, 7) is 3.98. The van der Waals surface area contributed by atoms with Crippen LogP contribution in [0.1, 0.15) is 15.9 Å². The van der Waals surface area contributed by atoms with Gasteiger partial charge in [0.05, 0.1) is 30.4 Å². The lowest BCUT2D eigenvalue weighted by Gasteiger charge is -2.12. The Morgan fingerprint density at radius 3 is 2.67 bits per heavy atom. The second-order valence-corrected chi connectivity index (χ2v) is 7.16. The molecule has 1 fully saturated rings. The molecule has 30 heavy (non-hydrogen) atoms. The molecular formula is C22H20N2O5S. The molecule has 1 amide bonds. The van der Waals surface area contributed by atoms with E-state index in [0.717, 1.165) is 0 Å². The highest BCUT2D eigenvalue weighted by molar-refractivity contribution is 8.18. The van der Waals surface area contributed by atoms with Crippen molar-refractivity contribution in [2.45, 2.75) is 0 Å². The number of methoxy groups -OCH3 is 2. The Morgan fingerprint density at radius 1 is 1.23 bits per heavy atom. The monoisotopic (exact) mass is 424 g/mol. The zero-order chi connectivity index (χ0) is 21.7. The molecule has 1 aliphatic heterocycles. The molecule has 0 unspecified atom stereocenters. The smallest absolute Gasteiger partial charge is 0.335 e. The minimum atomic E-state index is -1.04. The Kier molecular flexibility index (Phi) is 6.58. The number of carboxylic acid groups (broad SMARTS) is 1. The van der Waals surface area contributed by atoms with Crippen molar-refractivity contribution in [3.8, 4) is 11.5 Å². The van der Waals surface area contributed by atoms with Crippen LogP contribution in [0.2, 0.25) is 0 Å². The third-order valence-electron chi connectivity index (χ3n) is 4.24. The normalized spacial score (nSPS) is 16.2. The van der Waals surface area contributed by atoms with Gasteiger partial charge in [-0.15, -0.1) is 6.58 Å². The maximum absolute atomic E-state index is 13.0. The molecule has 0 atom stereocenters. The van der Waals surface area contributed by atoms with E-state index in [4.69, 9.17) is 9.47 Å². The van der Waals surface area contributed by atoms with Crippen LogP contribution in [0.25, 0.3) is 6.08 Å². The van der Waals surface area contributed by atoms with Crippen molar-refractivity contribution in [3.05, 3.63) is 71.2 Å². The van der Waals surface area contributed by atoms with Gasteiger partial charge in [-0.1, -0.05) is 24.3 Å². The summed E-state index contributed by atoms with van der Waals surface area (Å²) in [5.41, 5.74) is 1.26. The predicted molar refractivity (Wildman–Crippen MR) is 118 cm³/mol. The van der Waals surface area contributed by atoms with Crippen molar-refractivity contribution < 1.29 is 24.2 Å². The standard InChI is InChI=1S/C22H20N2O5S/c1-4-11-24-20(25)18(13-14-7-6-10-17(28-2)19(14)29-3)30-22(24)23-16-9-5-8-15(12-16)21(26)27/h4-10,12-13H,1,11H2,2-3H3,(H,26,27)/b18-13-,23-22?. The second-order valence-electron chi connectivity index (χ2n) is 6.15. The number of nitrogens with zero attached hydrogens (tertiary/aromatic N) is 2. The van der Waals surface area contributed by atoms with Gasteiger partial charge in [0.25, 0.3) is 5.91 Å². The number of hydrogen-bond acceptors (Lipinski definition) is 6. The number of para-hydroxylation sites is 1. The van der Waals surface area contributed by atoms with Gasteiger partial charge < -0.3 is 14.6 Å². The molecule has 0 radical (unpaired) electrons. The summed E-state index contributed by atoms with van der Waals surface area (Å²) in [5, 5.41) is 9.62. The van der Waals surface area contributed by atoms with E-state index in [9.17, 15) is 14.7 Å². The van der Waals surface area contributed by atoms with Crippen molar-refractivity contribution in [1.82, 2.24) is 4.90 Å². The van der Waals surface area contributed by atoms with Gasteiger partial charge >= 0.3 is 5.97 Å².